The highest BCUT2D eigenvalue weighted by molar-refractivity contribution is 5.77. The van der Waals surface area contributed by atoms with Crippen LogP contribution < -0.4 is 0 Å². The van der Waals surface area contributed by atoms with Gasteiger partial charge in [-0.05, 0) is 26.2 Å². The Balaban J connectivity index is 2.80. The average molecular weight is 188 g/mol. The molecule has 0 spiro atoms. The number of carboxylic acid groups (broad SMARTS) is 1. The van der Waals surface area contributed by atoms with Gasteiger partial charge in [-0.2, -0.15) is 0 Å². The summed E-state index contributed by atoms with van der Waals surface area (Å²) in [6.45, 7) is 2.08. The number of hydrogen-bond acceptors (Lipinski definition) is 3. The Morgan fingerprint density at radius 1 is 1.62 bits per heavy atom. The van der Waals surface area contributed by atoms with E-state index in [1.807, 2.05) is 0 Å². The predicted molar refractivity (Wildman–Crippen MR) is 46.6 cm³/mol. The highest BCUT2D eigenvalue weighted by atomic mass is 16.6. The number of aliphatic carboxylic acids is 1. The topological polar surface area (TPSA) is 55.8 Å². The standard InChI is InChI=1S/C9H16O4/c1-9(8(10)11)7(12-2)5-3-4-6-13-9/h7H,3-6H2,1-2H3,(H,10,11)/t7-,9+/m0/s1. The fourth-order valence-corrected chi connectivity index (χ4v) is 1.63. The van der Waals surface area contributed by atoms with Gasteiger partial charge in [0.15, 0.2) is 5.60 Å². The first-order valence-corrected chi connectivity index (χ1v) is 4.51. The van der Waals surface area contributed by atoms with Gasteiger partial charge in [-0.15, -0.1) is 0 Å². The fourth-order valence-electron chi connectivity index (χ4n) is 1.63. The van der Waals surface area contributed by atoms with Gasteiger partial charge < -0.3 is 14.6 Å². The van der Waals surface area contributed by atoms with Crippen molar-refractivity contribution in [3.05, 3.63) is 0 Å². The van der Waals surface area contributed by atoms with E-state index in [0.717, 1.165) is 19.3 Å². The summed E-state index contributed by atoms with van der Waals surface area (Å²) in [5, 5.41) is 9.02. The summed E-state index contributed by atoms with van der Waals surface area (Å²) < 4.78 is 10.5. The SMILES string of the molecule is CO[C@H]1CCCCO[C@@]1(C)C(=O)O. The second kappa shape index (κ2) is 4.07. The summed E-state index contributed by atoms with van der Waals surface area (Å²) >= 11 is 0. The summed E-state index contributed by atoms with van der Waals surface area (Å²) in [5.74, 6) is -0.943. The maximum absolute atomic E-state index is 11.0. The molecule has 0 aromatic carbocycles. The van der Waals surface area contributed by atoms with Crippen LogP contribution in [0.4, 0.5) is 0 Å². The van der Waals surface area contributed by atoms with Crippen molar-refractivity contribution in [3.63, 3.8) is 0 Å². The first-order valence-electron chi connectivity index (χ1n) is 4.51. The zero-order valence-corrected chi connectivity index (χ0v) is 8.08. The Morgan fingerprint density at radius 2 is 2.31 bits per heavy atom. The molecule has 0 unspecified atom stereocenters. The van der Waals surface area contributed by atoms with Crippen LogP contribution in [0.25, 0.3) is 0 Å². The zero-order valence-electron chi connectivity index (χ0n) is 8.08. The number of methoxy groups -OCH3 is 1. The number of hydrogen-bond donors (Lipinski definition) is 1. The lowest BCUT2D eigenvalue weighted by molar-refractivity contribution is -0.180. The molecule has 1 N–H and O–H groups in total. The molecule has 0 aliphatic carbocycles. The highest BCUT2D eigenvalue weighted by Gasteiger charge is 2.43. The van der Waals surface area contributed by atoms with E-state index in [0.29, 0.717) is 6.61 Å². The molecule has 1 aliphatic heterocycles. The van der Waals surface area contributed by atoms with Crippen LogP contribution in [0.3, 0.4) is 0 Å². The Morgan fingerprint density at radius 3 is 2.85 bits per heavy atom. The molecule has 4 nitrogen and oxygen atoms in total. The lowest BCUT2D eigenvalue weighted by Crippen LogP contribution is -2.49. The molecule has 4 heteroatoms. The summed E-state index contributed by atoms with van der Waals surface area (Å²) in [6.07, 6.45) is 2.27. The van der Waals surface area contributed by atoms with Crippen LogP contribution in [0.1, 0.15) is 26.2 Å². The molecule has 1 aliphatic rings. The second-order valence-electron chi connectivity index (χ2n) is 3.48. The van der Waals surface area contributed by atoms with Crippen molar-refractivity contribution < 1.29 is 19.4 Å². The molecule has 0 aromatic heterocycles. The number of rotatable bonds is 2. The van der Waals surface area contributed by atoms with E-state index in [2.05, 4.69) is 0 Å². The zero-order chi connectivity index (χ0) is 9.90. The summed E-state index contributed by atoms with van der Waals surface area (Å²) in [6, 6.07) is 0. The lowest BCUT2D eigenvalue weighted by Gasteiger charge is -2.30. The number of carbonyl (C=O) groups is 1. The minimum Gasteiger partial charge on any atom is -0.479 e. The molecule has 13 heavy (non-hydrogen) atoms. The van der Waals surface area contributed by atoms with Crippen LogP contribution >= 0.6 is 0 Å². The maximum atomic E-state index is 11.0. The Bertz CT molecular complexity index is 192. The quantitative estimate of drug-likeness (QED) is 0.703. The third-order valence-electron chi connectivity index (χ3n) is 2.59. The van der Waals surface area contributed by atoms with Crippen molar-refractivity contribution in [2.24, 2.45) is 0 Å². The van der Waals surface area contributed by atoms with Crippen LogP contribution in [0.5, 0.6) is 0 Å². The van der Waals surface area contributed by atoms with Crippen LogP contribution in [-0.4, -0.2) is 36.5 Å². The van der Waals surface area contributed by atoms with Crippen LogP contribution in [0, 0.1) is 0 Å². The molecule has 1 rings (SSSR count). The fraction of sp³-hybridized carbons (Fsp3) is 0.889. The molecule has 0 bridgehead atoms. The Labute approximate surface area is 77.8 Å². The van der Waals surface area contributed by atoms with Gasteiger partial charge >= 0.3 is 5.97 Å². The molecule has 1 fully saturated rings. The summed E-state index contributed by atoms with van der Waals surface area (Å²) in [4.78, 5) is 11.0. The number of carboxylic acids is 1. The lowest BCUT2D eigenvalue weighted by atomic mass is 9.96. The summed E-state index contributed by atoms with van der Waals surface area (Å²) in [7, 11) is 1.53. The van der Waals surface area contributed by atoms with Crippen molar-refractivity contribution >= 4 is 5.97 Å². The molecule has 0 radical (unpaired) electrons. The Kier molecular flexibility index (Phi) is 3.27. The molecule has 0 amide bonds. The van der Waals surface area contributed by atoms with Gasteiger partial charge in [-0.1, -0.05) is 0 Å². The minimum absolute atomic E-state index is 0.340. The Hall–Kier alpha value is -0.610. The number of ether oxygens (including phenoxy) is 2. The normalized spacial score (nSPS) is 35.4. The molecule has 2 atom stereocenters. The van der Waals surface area contributed by atoms with E-state index in [9.17, 15) is 4.79 Å². The third kappa shape index (κ3) is 2.00. The van der Waals surface area contributed by atoms with Gasteiger partial charge in [0.2, 0.25) is 0 Å². The molecule has 0 aromatic rings. The van der Waals surface area contributed by atoms with E-state index in [-0.39, 0.29) is 6.10 Å². The molecule has 0 saturated carbocycles. The monoisotopic (exact) mass is 188 g/mol. The molecular weight excluding hydrogens is 172 g/mol. The van der Waals surface area contributed by atoms with E-state index < -0.39 is 11.6 Å². The second-order valence-corrected chi connectivity index (χ2v) is 3.48. The van der Waals surface area contributed by atoms with Gasteiger partial charge in [0.25, 0.3) is 0 Å². The predicted octanol–water partition coefficient (Wildman–Crippen LogP) is 1.05. The minimum atomic E-state index is -1.18. The first kappa shape index (κ1) is 10.5. The van der Waals surface area contributed by atoms with Crippen molar-refractivity contribution in [2.75, 3.05) is 13.7 Å². The van der Waals surface area contributed by atoms with Crippen LogP contribution in [0.2, 0.25) is 0 Å². The van der Waals surface area contributed by atoms with E-state index in [4.69, 9.17) is 14.6 Å². The van der Waals surface area contributed by atoms with E-state index >= 15 is 0 Å². The van der Waals surface area contributed by atoms with E-state index in [1.54, 1.807) is 6.92 Å². The van der Waals surface area contributed by atoms with Gasteiger partial charge in [0.05, 0.1) is 6.10 Å². The van der Waals surface area contributed by atoms with Crippen molar-refractivity contribution in [2.45, 2.75) is 37.9 Å². The van der Waals surface area contributed by atoms with E-state index in [1.165, 1.54) is 7.11 Å². The largest absolute Gasteiger partial charge is 0.479 e. The third-order valence-corrected chi connectivity index (χ3v) is 2.59. The molecule has 76 valence electrons. The molecule has 1 heterocycles. The van der Waals surface area contributed by atoms with Gasteiger partial charge in [0.1, 0.15) is 0 Å². The summed E-state index contributed by atoms with van der Waals surface area (Å²) in [5.41, 5.74) is -1.18. The van der Waals surface area contributed by atoms with Gasteiger partial charge in [0, 0.05) is 13.7 Å². The average Bonchev–Trinajstić information content (AvgIpc) is 2.27. The smallest absolute Gasteiger partial charge is 0.338 e. The van der Waals surface area contributed by atoms with Crippen molar-refractivity contribution in [1.29, 1.82) is 0 Å². The van der Waals surface area contributed by atoms with Gasteiger partial charge in [-0.3, -0.25) is 0 Å². The first-order chi connectivity index (χ1) is 6.11. The van der Waals surface area contributed by atoms with Gasteiger partial charge in [-0.25, -0.2) is 4.79 Å². The highest BCUT2D eigenvalue weighted by Crippen LogP contribution is 2.26. The maximum Gasteiger partial charge on any atom is 0.338 e. The van der Waals surface area contributed by atoms with Crippen LogP contribution in [0.15, 0.2) is 0 Å². The molecular formula is C9H16O4. The van der Waals surface area contributed by atoms with Crippen molar-refractivity contribution in [1.82, 2.24) is 0 Å². The molecule has 1 saturated heterocycles. The van der Waals surface area contributed by atoms with Crippen molar-refractivity contribution in [3.8, 4) is 0 Å². The van der Waals surface area contributed by atoms with Crippen LogP contribution in [-0.2, 0) is 14.3 Å².